The maximum absolute atomic E-state index is 5.62. The van der Waals surface area contributed by atoms with E-state index in [4.69, 9.17) is 9.47 Å². The molecule has 0 spiro atoms. The van der Waals surface area contributed by atoms with Crippen LogP contribution >= 0.6 is 0 Å². The van der Waals surface area contributed by atoms with Crippen molar-refractivity contribution in [2.45, 2.75) is 12.5 Å². The fourth-order valence-electron chi connectivity index (χ4n) is 1.73. The van der Waals surface area contributed by atoms with Crippen molar-refractivity contribution in [2.24, 2.45) is 5.92 Å². The van der Waals surface area contributed by atoms with Gasteiger partial charge in [0.2, 0.25) is 0 Å². The molecule has 0 bridgehead atoms. The van der Waals surface area contributed by atoms with E-state index in [1.807, 2.05) is 0 Å². The van der Waals surface area contributed by atoms with Gasteiger partial charge in [-0.1, -0.05) is 0 Å². The van der Waals surface area contributed by atoms with Gasteiger partial charge in [0, 0.05) is 25.6 Å². The molecule has 2 heterocycles. The molecule has 3 heteroatoms. The van der Waals surface area contributed by atoms with E-state index < -0.39 is 0 Å². The van der Waals surface area contributed by atoms with Gasteiger partial charge in [0.05, 0.1) is 19.3 Å². The van der Waals surface area contributed by atoms with Gasteiger partial charge in [-0.15, -0.1) is 0 Å². The summed E-state index contributed by atoms with van der Waals surface area (Å²) in [5.74, 6) is 0.641. The first-order valence-electron chi connectivity index (χ1n) is 4.37. The van der Waals surface area contributed by atoms with Crippen molar-refractivity contribution in [3.63, 3.8) is 0 Å². The number of ether oxygens (including phenoxy) is 2. The third-order valence-electron chi connectivity index (χ3n) is 2.45. The lowest BCUT2D eigenvalue weighted by molar-refractivity contribution is -0.0113. The molecule has 2 rings (SSSR count). The van der Waals surface area contributed by atoms with Crippen LogP contribution in [0, 0.1) is 5.92 Å². The molecule has 2 saturated heterocycles. The van der Waals surface area contributed by atoms with Crippen molar-refractivity contribution in [2.75, 3.05) is 32.9 Å². The standard InChI is InChI=1S/C8H15NO2/c1-3-10-6-7(1)8-5-9-2-4-11-8/h7-9H,1-6H2. The molecule has 0 aliphatic carbocycles. The number of morpholine rings is 1. The minimum absolute atomic E-state index is 0.409. The molecule has 2 fully saturated rings. The first-order valence-corrected chi connectivity index (χ1v) is 4.37. The van der Waals surface area contributed by atoms with Gasteiger partial charge in [-0.25, -0.2) is 0 Å². The summed E-state index contributed by atoms with van der Waals surface area (Å²) in [5.41, 5.74) is 0. The van der Waals surface area contributed by atoms with Crippen molar-refractivity contribution >= 4 is 0 Å². The van der Waals surface area contributed by atoms with Gasteiger partial charge in [-0.2, -0.15) is 0 Å². The second-order valence-corrected chi connectivity index (χ2v) is 3.24. The molecule has 0 amide bonds. The number of nitrogens with one attached hydrogen (secondary N) is 1. The number of hydrogen-bond acceptors (Lipinski definition) is 3. The predicted octanol–water partition coefficient (Wildman–Crippen LogP) is 0.0113. The second-order valence-electron chi connectivity index (χ2n) is 3.24. The Kier molecular flexibility index (Phi) is 2.41. The quantitative estimate of drug-likeness (QED) is 0.581. The van der Waals surface area contributed by atoms with Gasteiger partial charge in [0.1, 0.15) is 0 Å². The Morgan fingerprint density at radius 2 is 2.27 bits per heavy atom. The minimum Gasteiger partial charge on any atom is -0.381 e. The lowest BCUT2D eigenvalue weighted by atomic mass is 10.0. The Balaban J connectivity index is 1.82. The number of hydrogen-bond donors (Lipinski definition) is 1. The van der Waals surface area contributed by atoms with Crippen LogP contribution < -0.4 is 5.32 Å². The van der Waals surface area contributed by atoms with Crippen LogP contribution in [0.25, 0.3) is 0 Å². The fourth-order valence-corrected chi connectivity index (χ4v) is 1.73. The Bertz CT molecular complexity index is 117. The molecular formula is C8H15NO2. The summed E-state index contributed by atoms with van der Waals surface area (Å²) in [4.78, 5) is 0. The maximum Gasteiger partial charge on any atom is 0.0751 e. The highest BCUT2D eigenvalue weighted by atomic mass is 16.5. The van der Waals surface area contributed by atoms with E-state index in [1.54, 1.807) is 0 Å². The Morgan fingerprint density at radius 1 is 1.27 bits per heavy atom. The predicted molar refractivity (Wildman–Crippen MR) is 41.5 cm³/mol. The third-order valence-corrected chi connectivity index (χ3v) is 2.45. The average Bonchev–Trinajstić information content (AvgIpc) is 2.58. The zero-order valence-electron chi connectivity index (χ0n) is 6.71. The van der Waals surface area contributed by atoms with Crippen LogP contribution in [0.15, 0.2) is 0 Å². The van der Waals surface area contributed by atoms with Gasteiger partial charge in [-0.05, 0) is 6.42 Å². The molecule has 2 unspecified atom stereocenters. The summed E-state index contributed by atoms with van der Waals surface area (Å²) in [6, 6.07) is 0. The van der Waals surface area contributed by atoms with Crippen molar-refractivity contribution < 1.29 is 9.47 Å². The number of rotatable bonds is 1. The summed E-state index contributed by atoms with van der Waals surface area (Å²) < 4.78 is 10.9. The van der Waals surface area contributed by atoms with Crippen LogP contribution in [0.2, 0.25) is 0 Å². The zero-order chi connectivity index (χ0) is 7.52. The Morgan fingerprint density at radius 3 is 2.91 bits per heavy atom. The highest BCUT2D eigenvalue weighted by Crippen LogP contribution is 2.19. The SMILES string of the molecule is C1COC(C2CCOC2)CN1. The first-order chi connectivity index (χ1) is 5.47. The highest BCUT2D eigenvalue weighted by molar-refractivity contribution is 4.78. The van der Waals surface area contributed by atoms with Gasteiger partial charge in [-0.3, -0.25) is 0 Å². The highest BCUT2D eigenvalue weighted by Gasteiger charge is 2.27. The van der Waals surface area contributed by atoms with Crippen LogP contribution in [0.5, 0.6) is 0 Å². The lowest BCUT2D eigenvalue weighted by Crippen LogP contribution is -2.42. The molecule has 0 saturated carbocycles. The molecule has 0 aromatic carbocycles. The maximum atomic E-state index is 5.62. The third kappa shape index (κ3) is 1.72. The van der Waals surface area contributed by atoms with E-state index in [2.05, 4.69) is 5.32 Å². The summed E-state index contributed by atoms with van der Waals surface area (Å²) >= 11 is 0. The van der Waals surface area contributed by atoms with Gasteiger partial charge < -0.3 is 14.8 Å². The van der Waals surface area contributed by atoms with Crippen LogP contribution in [0.4, 0.5) is 0 Å². The second kappa shape index (κ2) is 3.52. The van der Waals surface area contributed by atoms with Crippen LogP contribution in [0.1, 0.15) is 6.42 Å². The monoisotopic (exact) mass is 157 g/mol. The molecule has 0 aromatic heterocycles. The molecule has 2 atom stereocenters. The van der Waals surface area contributed by atoms with E-state index in [0.29, 0.717) is 12.0 Å². The van der Waals surface area contributed by atoms with E-state index in [9.17, 15) is 0 Å². The topological polar surface area (TPSA) is 30.5 Å². The smallest absolute Gasteiger partial charge is 0.0751 e. The molecule has 3 nitrogen and oxygen atoms in total. The van der Waals surface area contributed by atoms with Gasteiger partial charge in [0.25, 0.3) is 0 Å². The average molecular weight is 157 g/mol. The van der Waals surface area contributed by atoms with Crippen LogP contribution in [0.3, 0.4) is 0 Å². The zero-order valence-corrected chi connectivity index (χ0v) is 6.71. The molecule has 2 aliphatic rings. The lowest BCUT2D eigenvalue weighted by Gasteiger charge is -2.27. The van der Waals surface area contributed by atoms with Crippen molar-refractivity contribution in [3.8, 4) is 0 Å². The molecule has 0 aromatic rings. The van der Waals surface area contributed by atoms with Crippen molar-refractivity contribution in [1.29, 1.82) is 0 Å². The fraction of sp³-hybridized carbons (Fsp3) is 1.00. The largest absolute Gasteiger partial charge is 0.381 e. The Hall–Kier alpha value is -0.120. The van der Waals surface area contributed by atoms with Gasteiger partial charge >= 0.3 is 0 Å². The van der Waals surface area contributed by atoms with E-state index >= 15 is 0 Å². The van der Waals surface area contributed by atoms with Crippen molar-refractivity contribution in [1.82, 2.24) is 5.32 Å². The molecule has 2 aliphatic heterocycles. The molecular weight excluding hydrogens is 142 g/mol. The summed E-state index contributed by atoms with van der Waals surface area (Å²) in [6.45, 7) is 4.69. The molecule has 11 heavy (non-hydrogen) atoms. The van der Waals surface area contributed by atoms with E-state index in [1.165, 1.54) is 6.42 Å². The summed E-state index contributed by atoms with van der Waals surface area (Å²) in [6.07, 6.45) is 1.58. The van der Waals surface area contributed by atoms with Crippen LogP contribution in [-0.4, -0.2) is 39.0 Å². The van der Waals surface area contributed by atoms with Crippen molar-refractivity contribution in [3.05, 3.63) is 0 Å². The van der Waals surface area contributed by atoms with E-state index in [-0.39, 0.29) is 0 Å². The first kappa shape index (κ1) is 7.53. The molecule has 0 radical (unpaired) electrons. The Labute approximate surface area is 67.1 Å². The summed E-state index contributed by atoms with van der Waals surface area (Å²) in [5, 5.41) is 3.33. The van der Waals surface area contributed by atoms with Gasteiger partial charge in [0.15, 0.2) is 0 Å². The minimum atomic E-state index is 0.409. The van der Waals surface area contributed by atoms with Crippen LogP contribution in [-0.2, 0) is 9.47 Å². The summed E-state index contributed by atoms with van der Waals surface area (Å²) in [7, 11) is 0. The normalized spacial score (nSPS) is 39.3. The molecule has 1 N–H and O–H groups in total. The van der Waals surface area contributed by atoms with E-state index in [0.717, 1.165) is 32.9 Å². The molecule has 64 valence electrons.